The van der Waals surface area contributed by atoms with E-state index < -0.39 is 30.1 Å². The molecule has 132 valence electrons. The van der Waals surface area contributed by atoms with Crippen LogP contribution in [-0.4, -0.2) is 18.4 Å². The normalized spacial score (nSPS) is 17.4. The van der Waals surface area contributed by atoms with Gasteiger partial charge >= 0.3 is 6.18 Å². The van der Waals surface area contributed by atoms with Crippen LogP contribution in [0.1, 0.15) is 11.1 Å². The average Bonchev–Trinajstić information content (AvgIpc) is 2.54. The predicted octanol–water partition coefficient (Wildman–Crippen LogP) is 4.30. The maximum atomic E-state index is 13.4. The number of para-hydroxylation sites is 2. The standard InChI is InChI=1S/C17H13F5N2O/c18-15(19)14-16(25)23-12-3-1-2-4-13(12)24(14)9-10-5-7-11(8-6-10)17(20,21)22/h1-8,14-15H,9H2,(H,23,25). The highest BCUT2D eigenvalue weighted by molar-refractivity contribution is 6.03. The smallest absolute Gasteiger partial charge is 0.349 e. The van der Waals surface area contributed by atoms with Crippen LogP contribution in [-0.2, 0) is 17.5 Å². The fraction of sp³-hybridized carbons (Fsp3) is 0.235. The molecule has 0 fully saturated rings. The number of nitrogens with one attached hydrogen (secondary N) is 1. The van der Waals surface area contributed by atoms with E-state index in [-0.39, 0.29) is 6.54 Å². The molecule has 0 aromatic heterocycles. The first kappa shape index (κ1) is 17.2. The number of hydrogen-bond donors (Lipinski definition) is 1. The Morgan fingerprint density at radius 2 is 1.68 bits per heavy atom. The first-order valence-corrected chi connectivity index (χ1v) is 7.38. The SMILES string of the molecule is O=C1Nc2ccccc2N(Cc2ccc(C(F)(F)F)cc2)C1C(F)F. The van der Waals surface area contributed by atoms with Gasteiger partial charge in [0, 0.05) is 6.54 Å². The van der Waals surface area contributed by atoms with Gasteiger partial charge in [-0.1, -0.05) is 24.3 Å². The molecule has 3 rings (SSSR count). The summed E-state index contributed by atoms with van der Waals surface area (Å²) in [7, 11) is 0. The first-order chi connectivity index (χ1) is 11.8. The van der Waals surface area contributed by atoms with E-state index in [9.17, 15) is 26.7 Å². The average molecular weight is 356 g/mol. The number of amides is 1. The van der Waals surface area contributed by atoms with Crippen molar-refractivity contribution in [2.75, 3.05) is 10.2 Å². The number of hydrogen-bond acceptors (Lipinski definition) is 2. The first-order valence-electron chi connectivity index (χ1n) is 7.38. The Labute approximate surface area is 140 Å². The highest BCUT2D eigenvalue weighted by Gasteiger charge is 2.39. The summed E-state index contributed by atoms with van der Waals surface area (Å²) in [6.07, 6.45) is -7.41. The second-order valence-electron chi connectivity index (χ2n) is 5.61. The van der Waals surface area contributed by atoms with Crippen molar-refractivity contribution >= 4 is 17.3 Å². The molecule has 2 aromatic rings. The molecule has 0 saturated carbocycles. The van der Waals surface area contributed by atoms with Crippen LogP contribution in [0, 0.1) is 0 Å². The van der Waals surface area contributed by atoms with Crippen LogP contribution in [0.4, 0.5) is 33.3 Å². The zero-order valence-corrected chi connectivity index (χ0v) is 12.7. The van der Waals surface area contributed by atoms with E-state index in [2.05, 4.69) is 5.32 Å². The van der Waals surface area contributed by atoms with Gasteiger partial charge in [-0.2, -0.15) is 13.2 Å². The quantitative estimate of drug-likeness (QED) is 0.832. The summed E-state index contributed by atoms with van der Waals surface area (Å²) >= 11 is 0. The van der Waals surface area contributed by atoms with E-state index in [1.807, 2.05) is 0 Å². The third kappa shape index (κ3) is 3.42. The van der Waals surface area contributed by atoms with Gasteiger partial charge in [-0.15, -0.1) is 0 Å². The minimum absolute atomic E-state index is 0.114. The summed E-state index contributed by atoms with van der Waals surface area (Å²) in [4.78, 5) is 13.2. The van der Waals surface area contributed by atoms with Gasteiger partial charge in [-0.25, -0.2) is 8.78 Å². The molecule has 0 radical (unpaired) electrons. The van der Waals surface area contributed by atoms with E-state index in [1.165, 1.54) is 17.0 Å². The number of nitrogens with zero attached hydrogens (tertiary/aromatic N) is 1. The van der Waals surface area contributed by atoms with Crippen LogP contribution in [0.5, 0.6) is 0 Å². The lowest BCUT2D eigenvalue weighted by Crippen LogP contribution is -2.51. The largest absolute Gasteiger partial charge is 0.416 e. The molecule has 1 aliphatic rings. The van der Waals surface area contributed by atoms with E-state index in [4.69, 9.17) is 0 Å². The second kappa shape index (κ2) is 6.34. The molecule has 0 spiro atoms. The summed E-state index contributed by atoms with van der Waals surface area (Å²) in [5, 5.41) is 2.43. The van der Waals surface area contributed by atoms with Crippen LogP contribution in [0.2, 0.25) is 0 Å². The third-order valence-corrected chi connectivity index (χ3v) is 3.95. The minimum atomic E-state index is -4.47. The van der Waals surface area contributed by atoms with Crippen molar-refractivity contribution in [1.82, 2.24) is 0 Å². The number of carbonyl (C=O) groups excluding carboxylic acids is 1. The van der Waals surface area contributed by atoms with E-state index >= 15 is 0 Å². The zero-order valence-electron chi connectivity index (χ0n) is 12.7. The molecule has 0 aliphatic carbocycles. The summed E-state index contributed by atoms with van der Waals surface area (Å²) in [5.74, 6) is -0.847. The number of halogens is 5. The van der Waals surface area contributed by atoms with Crippen molar-refractivity contribution in [2.24, 2.45) is 0 Å². The predicted molar refractivity (Wildman–Crippen MR) is 82.5 cm³/mol. The molecule has 8 heteroatoms. The molecule has 1 unspecified atom stereocenters. The van der Waals surface area contributed by atoms with Crippen LogP contribution in [0.15, 0.2) is 48.5 Å². The lowest BCUT2D eigenvalue weighted by atomic mass is 10.1. The van der Waals surface area contributed by atoms with Crippen molar-refractivity contribution in [3.63, 3.8) is 0 Å². The Morgan fingerprint density at radius 1 is 1.04 bits per heavy atom. The number of benzene rings is 2. The Hall–Kier alpha value is -2.64. The second-order valence-corrected chi connectivity index (χ2v) is 5.61. The number of carbonyl (C=O) groups is 1. The van der Waals surface area contributed by atoms with Gasteiger partial charge in [0.15, 0.2) is 6.04 Å². The van der Waals surface area contributed by atoms with Gasteiger partial charge in [-0.3, -0.25) is 4.79 Å². The Balaban J connectivity index is 1.94. The molecule has 1 atom stereocenters. The van der Waals surface area contributed by atoms with Gasteiger partial charge in [0.05, 0.1) is 16.9 Å². The van der Waals surface area contributed by atoms with Gasteiger partial charge in [0.2, 0.25) is 0 Å². The summed E-state index contributed by atoms with van der Waals surface area (Å²) < 4.78 is 64.7. The lowest BCUT2D eigenvalue weighted by Gasteiger charge is -2.37. The van der Waals surface area contributed by atoms with E-state index in [0.29, 0.717) is 16.9 Å². The molecule has 1 heterocycles. The van der Waals surface area contributed by atoms with Crippen LogP contribution in [0.25, 0.3) is 0 Å². The van der Waals surface area contributed by atoms with E-state index in [0.717, 1.165) is 12.1 Å². The van der Waals surface area contributed by atoms with Crippen LogP contribution >= 0.6 is 0 Å². The van der Waals surface area contributed by atoms with Crippen molar-refractivity contribution in [3.8, 4) is 0 Å². The van der Waals surface area contributed by atoms with Crippen molar-refractivity contribution in [3.05, 3.63) is 59.7 Å². The molecule has 1 aliphatic heterocycles. The fourth-order valence-corrected chi connectivity index (χ4v) is 2.76. The number of fused-ring (bicyclic) bond motifs is 1. The van der Waals surface area contributed by atoms with Gasteiger partial charge in [-0.05, 0) is 29.8 Å². The number of rotatable bonds is 3. The maximum Gasteiger partial charge on any atom is 0.416 e. The molecule has 25 heavy (non-hydrogen) atoms. The monoisotopic (exact) mass is 356 g/mol. The Morgan fingerprint density at radius 3 is 2.28 bits per heavy atom. The van der Waals surface area contributed by atoms with E-state index in [1.54, 1.807) is 24.3 Å². The Kier molecular flexibility index (Phi) is 4.36. The minimum Gasteiger partial charge on any atom is -0.349 e. The molecule has 1 N–H and O–H groups in total. The summed E-state index contributed by atoms with van der Waals surface area (Å²) in [6, 6.07) is 8.96. The molecular formula is C17H13F5N2O. The molecule has 1 amide bonds. The van der Waals surface area contributed by atoms with Gasteiger partial charge in [0.25, 0.3) is 12.3 Å². The lowest BCUT2D eigenvalue weighted by molar-refractivity contribution is -0.137. The van der Waals surface area contributed by atoms with Gasteiger partial charge < -0.3 is 10.2 Å². The summed E-state index contributed by atoms with van der Waals surface area (Å²) in [6.45, 7) is -0.114. The molecule has 2 aromatic carbocycles. The molecule has 3 nitrogen and oxygen atoms in total. The highest BCUT2D eigenvalue weighted by atomic mass is 19.4. The third-order valence-electron chi connectivity index (χ3n) is 3.95. The Bertz CT molecular complexity index is 773. The highest BCUT2D eigenvalue weighted by Crippen LogP contribution is 2.35. The summed E-state index contributed by atoms with van der Waals surface area (Å²) in [5.41, 5.74) is 0.352. The fourth-order valence-electron chi connectivity index (χ4n) is 2.76. The maximum absolute atomic E-state index is 13.4. The van der Waals surface area contributed by atoms with Gasteiger partial charge in [0.1, 0.15) is 0 Å². The van der Waals surface area contributed by atoms with Crippen molar-refractivity contribution < 1.29 is 26.7 Å². The van der Waals surface area contributed by atoms with Crippen molar-refractivity contribution in [2.45, 2.75) is 25.2 Å². The van der Waals surface area contributed by atoms with Crippen molar-refractivity contribution in [1.29, 1.82) is 0 Å². The van der Waals surface area contributed by atoms with Crippen LogP contribution < -0.4 is 10.2 Å². The van der Waals surface area contributed by atoms with Crippen LogP contribution in [0.3, 0.4) is 0 Å². The molecule has 0 saturated heterocycles. The number of anilines is 2. The zero-order chi connectivity index (χ0) is 18.2. The number of alkyl halides is 5. The topological polar surface area (TPSA) is 32.3 Å². The molecule has 0 bridgehead atoms. The molecular weight excluding hydrogens is 343 g/mol.